The van der Waals surface area contributed by atoms with Crippen molar-refractivity contribution in [3.63, 3.8) is 0 Å². The molecule has 3 nitrogen and oxygen atoms in total. The molecule has 0 aromatic carbocycles. The van der Waals surface area contributed by atoms with Crippen LogP contribution in [-0.2, 0) is 4.79 Å². The second-order valence-electron chi connectivity index (χ2n) is 2.37. The van der Waals surface area contributed by atoms with E-state index in [4.69, 9.17) is 0 Å². The topological polar surface area (TPSA) is 32.3 Å². The van der Waals surface area contributed by atoms with Crippen molar-refractivity contribution in [2.45, 2.75) is 26.8 Å². The van der Waals surface area contributed by atoms with Crippen LogP contribution in [0.1, 0.15) is 20.8 Å². The third kappa shape index (κ3) is 5.85. The summed E-state index contributed by atoms with van der Waals surface area (Å²) in [4.78, 5) is 10.4. The first-order chi connectivity index (χ1) is 4.04. The smallest absolute Gasteiger partial charge is 0.231 e. The molecular formula is C6H15ClN2O. The Hall–Kier alpha value is -0.280. The number of hydrogen-bond donors (Lipinski definition) is 1. The lowest BCUT2D eigenvalue weighted by Crippen LogP contribution is -2.42. The maximum absolute atomic E-state index is 10.4. The van der Waals surface area contributed by atoms with Crippen LogP contribution in [0.25, 0.3) is 0 Å². The maximum Gasteiger partial charge on any atom is 0.231 e. The fourth-order valence-electron chi connectivity index (χ4n) is 0.377. The van der Waals surface area contributed by atoms with Gasteiger partial charge in [0.1, 0.15) is 0 Å². The van der Waals surface area contributed by atoms with Gasteiger partial charge in [0, 0.05) is 20.0 Å². The van der Waals surface area contributed by atoms with E-state index in [1.54, 1.807) is 5.01 Å². The lowest BCUT2D eigenvalue weighted by molar-refractivity contribution is -0.123. The molecule has 4 heteroatoms. The highest BCUT2D eigenvalue weighted by atomic mass is 35.5. The van der Waals surface area contributed by atoms with E-state index in [1.165, 1.54) is 6.92 Å². The van der Waals surface area contributed by atoms with Gasteiger partial charge in [-0.2, -0.15) is 0 Å². The minimum absolute atomic E-state index is 0. The van der Waals surface area contributed by atoms with Crippen LogP contribution in [-0.4, -0.2) is 24.0 Å². The Labute approximate surface area is 68.2 Å². The standard InChI is InChI=1S/C6H14N2O.ClH/c1-5(2)8(4)7-6(3)9;/h5H,1-4H3,(H,7,9);1H. The predicted octanol–water partition coefficient (Wildman–Crippen LogP) is 0.799. The van der Waals surface area contributed by atoms with E-state index in [-0.39, 0.29) is 18.3 Å². The lowest BCUT2D eigenvalue weighted by atomic mass is 10.4. The molecule has 62 valence electrons. The SMILES string of the molecule is CC(=O)NN(C)C(C)C.Cl. The first kappa shape index (κ1) is 12.4. The summed E-state index contributed by atoms with van der Waals surface area (Å²) in [6.45, 7) is 5.52. The van der Waals surface area contributed by atoms with E-state index in [1.807, 2.05) is 20.9 Å². The van der Waals surface area contributed by atoms with Gasteiger partial charge in [-0.1, -0.05) is 0 Å². The van der Waals surface area contributed by atoms with Crippen LogP contribution in [0.3, 0.4) is 0 Å². The molecular weight excluding hydrogens is 152 g/mol. The highest BCUT2D eigenvalue weighted by Crippen LogP contribution is 1.86. The van der Waals surface area contributed by atoms with E-state index in [2.05, 4.69) is 5.43 Å². The first-order valence-corrected chi connectivity index (χ1v) is 3.04. The average molecular weight is 167 g/mol. The molecule has 0 heterocycles. The molecule has 0 saturated heterocycles. The summed E-state index contributed by atoms with van der Waals surface area (Å²) < 4.78 is 0. The van der Waals surface area contributed by atoms with Crippen molar-refractivity contribution in [3.05, 3.63) is 0 Å². The first-order valence-electron chi connectivity index (χ1n) is 3.04. The summed E-state index contributed by atoms with van der Waals surface area (Å²) in [6, 6.07) is 0.355. The predicted molar refractivity (Wildman–Crippen MR) is 44.0 cm³/mol. The van der Waals surface area contributed by atoms with E-state index in [0.717, 1.165) is 0 Å². The summed E-state index contributed by atoms with van der Waals surface area (Å²) in [7, 11) is 1.84. The van der Waals surface area contributed by atoms with Crippen LogP contribution >= 0.6 is 12.4 Å². The van der Waals surface area contributed by atoms with E-state index in [9.17, 15) is 4.79 Å². The van der Waals surface area contributed by atoms with Gasteiger partial charge in [-0.25, -0.2) is 5.01 Å². The van der Waals surface area contributed by atoms with Crippen molar-refractivity contribution >= 4 is 18.3 Å². The molecule has 0 unspecified atom stereocenters. The number of carbonyl (C=O) groups excluding carboxylic acids is 1. The highest BCUT2D eigenvalue weighted by molar-refractivity contribution is 5.85. The summed E-state index contributed by atoms with van der Waals surface area (Å²) in [5.74, 6) is -0.0220. The number of halogens is 1. The van der Waals surface area contributed by atoms with Gasteiger partial charge in [0.2, 0.25) is 5.91 Å². The minimum atomic E-state index is -0.0220. The molecule has 0 radical (unpaired) electrons. The number of nitrogens with zero attached hydrogens (tertiary/aromatic N) is 1. The quantitative estimate of drug-likeness (QED) is 0.616. The second-order valence-corrected chi connectivity index (χ2v) is 2.37. The molecule has 10 heavy (non-hydrogen) atoms. The van der Waals surface area contributed by atoms with Gasteiger partial charge in [0.05, 0.1) is 0 Å². The fourth-order valence-corrected chi connectivity index (χ4v) is 0.377. The van der Waals surface area contributed by atoms with Gasteiger partial charge < -0.3 is 0 Å². The monoisotopic (exact) mass is 166 g/mol. The Kier molecular flexibility index (Phi) is 6.82. The summed E-state index contributed by atoms with van der Waals surface area (Å²) in [5, 5.41) is 1.77. The summed E-state index contributed by atoms with van der Waals surface area (Å²) >= 11 is 0. The van der Waals surface area contributed by atoms with Gasteiger partial charge in [-0.15, -0.1) is 12.4 Å². The third-order valence-corrected chi connectivity index (χ3v) is 1.11. The minimum Gasteiger partial charge on any atom is -0.289 e. The molecule has 1 N–H and O–H groups in total. The number of nitrogens with one attached hydrogen (secondary N) is 1. The molecule has 0 aliphatic carbocycles. The molecule has 0 spiro atoms. The van der Waals surface area contributed by atoms with E-state index in [0.29, 0.717) is 6.04 Å². The molecule has 0 aromatic rings. The molecule has 1 amide bonds. The fraction of sp³-hybridized carbons (Fsp3) is 0.833. The Morgan fingerprint density at radius 2 is 1.90 bits per heavy atom. The number of rotatable bonds is 2. The zero-order valence-electron chi connectivity index (χ0n) is 6.84. The maximum atomic E-state index is 10.4. The molecule has 0 saturated carbocycles. The van der Waals surface area contributed by atoms with Gasteiger partial charge in [-0.05, 0) is 13.8 Å². The molecule has 0 aliphatic rings. The molecule has 0 bridgehead atoms. The number of hydrogen-bond acceptors (Lipinski definition) is 2. The normalized spacial score (nSPS) is 9.40. The largest absolute Gasteiger partial charge is 0.289 e. The highest BCUT2D eigenvalue weighted by Gasteiger charge is 2.01. The van der Waals surface area contributed by atoms with Gasteiger partial charge in [0.25, 0.3) is 0 Å². The van der Waals surface area contributed by atoms with Crippen LogP contribution in [0.5, 0.6) is 0 Å². The lowest BCUT2D eigenvalue weighted by Gasteiger charge is -2.20. The van der Waals surface area contributed by atoms with Crippen LogP contribution in [0.4, 0.5) is 0 Å². The van der Waals surface area contributed by atoms with E-state index >= 15 is 0 Å². The Morgan fingerprint density at radius 3 is 2.00 bits per heavy atom. The molecule has 0 atom stereocenters. The van der Waals surface area contributed by atoms with Crippen LogP contribution in [0, 0.1) is 0 Å². The number of carbonyl (C=O) groups is 1. The summed E-state index contributed by atoms with van der Waals surface area (Å²) in [6.07, 6.45) is 0. The van der Waals surface area contributed by atoms with Gasteiger partial charge >= 0.3 is 0 Å². The van der Waals surface area contributed by atoms with Crippen molar-refractivity contribution in [3.8, 4) is 0 Å². The molecule has 0 fully saturated rings. The van der Waals surface area contributed by atoms with Crippen LogP contribution in [0.2, 0.25) is 0 Å². The van der Waals surface area contributed by atoms with Crippen molar-refractivity contribution in [1.29, 1.82) is 0 Å². The molecule has 0 aromatic heterocycles. The number of amides is 1. The van der Waals surface area contributed by atoms with Crippen molar-refractivity contribution < 1.29 is 4.79 Å². The van der Waals surface area contributed by atoms with Crippen molar-refractivity contribution in [2.75, 3.05) is 7.05 Å². The van der Waals surface area contributed by atoms with Crippen LogP contribution in [0.15, 0.2) is 0 Å². The van der Waals surface area contributed by atoms with Gasteiger partial charge in [-0.3, -0.25) is 10.2 Å². The zero-order valence-corrected chi connectivity index (χ0v) is 7.66. The molecule has 0 aliphatic heterocycles. The van der Waals surface area contributed by atoms with Crippen molar-refractivity contribution in [2.24, 2.45) is 0 Å². The zero-order chi connectivity index (χ0) is 7.44. The third-order valence-electron chi connectivity index (χ3n) is 1.11. The summed E-state index contributed by atoms with van der Waals surface area (Å²) in [5.41, 5.74) is 2.64. The Morgan fingerprint density at radius 1 is 1.50 bits per heavy atom. The van der Waals surface area contributed by atoms with E-state index < -0.39 is 0 Å². The van der Waals surface area contributed by atoms with Gasteiger partial charge in [0.15, 0.2) is 0 Å². The average Bonchev–Trinajstić information content (AvgIpc) is 1.63. The molecule has 0 rings (SSSR count). The van der Waals surface area contributed by atoms with Crippen LogP contribution < -0.4 is 5.43 Å². The number of hydrazine groups is 1. The second kappa shape index (κ2) is 5.50. The Bertz CT molecular complexity index is 106. The van der Waals surface area contributed by atoms with Crippen molar-refractivity contribution in [1.82, 2.24) is 10.4 Å². The Balaban J connectivity index is 0.